The summed E-state index contributed by atoms with van der Waals surface area (Å²) in [6.45, 7) is 4.53. The van der Waals surface area contributed by atoms with Crippen molar-refractivity contribution in [3.63, 3.8) is 0 Å². The van der Waals surface area contributed by atoms with Crippen molar-refractivity contribution in [1.29, 1.82) is 5.26 Å². The average Bonchev–Trinajstić information content (AvgIpc) is 3.40. The zero-order chi connectivity index (χ0) is 23.2. The van der Waals surface area contributed by atoms with E-state index in [4.69, 9.17) is 10.00 Å². The number of benzene rings is 1. The van der Waals surface area contributed by atoms with Crippen molar-refractivity contribution in [1.82, 2.24) is 9.97 Å². The lowest BCUT2D eigenvalue weighted by Crippen LogP contribution is -2.38. The summed E-state index contributed by atoms with van der Waals surface area (Å²) in [5.74, 6) is -0.301. The molecular weight excluding hydrogens is 416 g/mol. The lowest BCUT2D eigenvalue weighted by Gasteiger charge is -2.37. The fourth-order valence-electron chi connectivity index (χ4n) is 5.36. The van der Waals surface area contributed by atoms with Crippen LogP contribution in [0.2, 0.25) is 0 Å². The molecule has 2 fully saturated rings. The number of amides is 1. The number of rotatable bonds is 4. The molecule has 172 valence electrons. The van der Waals surface area contributed by atoms with Crippen molar-refractivity contribution in [2.45, 2.75) is 76.6 Å². The van der Waals surface area contributed by atoms with Crippen molar-refractivity contribution in [2.75, 3.05) is 5.32 Å². The number of hydrogen-bond acceptors (Lipinski definition) is 5. The van der Waals surface area contributed by atoms with Crippen LogP contribution in [-0.2, 0) is 10.3 Å². The third-order valence-electron chi connectivity index (χ3n) is 7.36. The van der Waals surface area contributed by atoms with Gasteiger partial charge < -0.3 is 20.1 Å². The maximum atomic E-state index is 12.8. The molecule has 2 unspecified atom stereocenters. The number of nitriles is 1. The van der Waals surface area contributed by atoms with Crippen LogP contribution in [-0.4, -0.2) is 33.2 Å². The number of H-pyrrole nitrogens is 1. The monoisotopic (exact) mass is 446 g/mol. The van der Waals surface area contributed by atoms with Crippen molar-refractivity contribution in [3.8, 4) is 6.07 Å². The molecule has 1 aromatic carbocycles. The SMILES string of the molecule is CC1(C)CC=C(c2cc(C3(O)CC4CCC(C3)O4)ccc2NC(=O)c2nc(C#N)c[nH]2)CC1. The zero-order valence-corrected chi connectivity index (χ0v) is 19.1. The van der Waals surface area contributed by atoms with Crippen LogP contribution in [0.25, 0.3) is 5.57 Å². The average molecular weight is 447 g/mol. The highest BCUT2D eigenvalue weighted by molar-refractivity contribution is 6.03. The molecule has 2 atom stereocenters. The Bertz CT molecular complexity index is 1140. The summed E-state index contributed by atoms with van der Waals surface area (Å²) < 4.78 is 5.96. The van der Waals surface area contributed by atoms with E-state index in [0.29, 0.717) is 18.5 Å². The topological polar surface area (TPSA) is 111 Å². The van der Waals surface area contributed by atoms with Gasteiger partial charge in [0.2, 0.25) is 0 Å². The van der Waals surface area contributed by atoms with Gasteiger partial charge in [0, 0.05) is 30.3 Å². The van der Waals surface area contributed by atoms with Crippen molar-refractivity contribution in [2.24, 2.45) is 5.41 Å². The molecule has 33 heavy (non-hydrogen) atoms. The summed E-state index contributed by atoms with van der Waals surface area (Å²) in [5.41, 5.74) is 3.19. The number of carbonyl (C=O) groups excluding carboxylic acids is 1. The van der Waals surface area contributed by atoms with E-state index in [1.807, 2.05) is 24.3 Å². The third-order valence-corrected chi connectivity index (χ3v) is 7.36. The molecule has 2 saturated heterocycles. The van der Waals surface area contributed by atoms with Gasteiger partial charge in [-0.15, -0.1) is 0 Å². The van der Waals surface area contributed by atoms with Crippen molar-refractivity contribution in [3.05, 3.63) is 53.1 Å². The molecule has 0 saturated carbocycles. The first kappa shape index (κ1) is 21.9. The van der Waals surface area contributed by atoms with Crippen LogP contribution in [0.4, 0.5) is 5.69 Å². The van der Waals surface area contributed by atoms with E-state index in [0.717, 1.165) is 43.2 Å². The Kier molecular flexibility index (Phi) is 5.38. The van der Waals surface area contributed by atoms with Gasteiger partial charge in [-0.25, -0.2) is 4.98 Å². The van der Waals surface area contributed by atoms with Gasteiger partial charge >= 0.3 is 0 Å². The second kappa shape index (κ2) is 8.12. The first-order chi connectivity index (χ1) is 15.7. The number of aromatic amines is 1. The van der Waals surface area contributed by atoms with Crippen molar-refractivity contribution < 1.29 is 14.6 Å². The molecule has 1 amide bonds. The summed E-state index contributed by atoms with van der Waals surface area (Å²) in [4.78, 5) is 19.6. The summed E-state index contributed by atoms with van der Waals surface area (Å²) in [7, 11) is 0. The van der Waals surface area contributed by atoms with Gasteiger partial charge in [-0.1, -0.05) is 26.0 Å². The van der Waals surface area contributed by atoms with E-state index in [1.54, 1.807) is 0 Å². The van der Waals surface area contributed by atoms with Crippen LogP contribution in [0.3, 0.4) is 0 Å². The second-order valence-corrected chi connectivity index (χ2v) is 10.5. The molecule has 5 rings (SSSR count). The van der Waals surface area contributed by atoms with E-state index in [2.05, 4.69) is 35.2 Å². The van der Waals surface area contributed by atoms with Crippen LogP contribution >= 0.6 is 0 Å². The Hall–Kier alpha value is -2.95. The number of carbonyl (C=O) groups is 1. The molecular formula is C26H30N4O3. The number of aromatic nitrogens is 2. The minimum Gasteiger partial charge on any atom is -0.385 e. The molecule has 3 aliphatic rings. The van der Waals surface area contributed by atoms with Gasteiger partial charge in [-0.3, -0.25) is 4.79 Å². The van der Waals surface area contributed by atoms with E-state index in [1.165, 1.54) is 11.8 Å². The minimum absolute atomic E-state index is 0.0972. The molecule has 7 nitrogen and oxygen atoms in total. The number of imidazole rings is 1. The van der Waals surface area contributed by atoms with Crippen LogP contribution in [0.1, 0.15) is 86.2 Å². The number of nitrogens with zero attached hydrogens (tertiary/aromatic N) is 2. The smallest absolute Gasteiger partial charge is 0.291 e. The Labute approximate surface area is 193 Å². The molecule has 7 heteroatoms. The molecule has 2 aliphatic heterocycles. The Morgan fingerprint density at radius 2 is 2.06 bits per heavy atom. The van der Waals surface area contributed by atoms with E-state index in [-0.39, 0.29) is 29.1 Å². The highest BCUT2D eigenvalue weighted by atomic mass is 16.5. The van der Waals surface area contributed by atoms with Gasteiger partial charge in [0.05, 0.1) is 17.8 Å². The van der Waals surface area contributed by atoms with Crippen LogP contribution in [0.15, 0.2) is 30.5 Å². The van der Waals surface area contributed by atoms with Gasteiger partial charge in [-0.05, 0) is 60.8 Å². The Balaban J connectivity index is 1.49. The molecule has 2 bridgehead atoms. The van der Waals surface area contributed by atoms with E-state index >= 15 is 0 Å². The molecule has 1 aromatic heterocycles. The standard InChI is InChI=1S/C26H30N4O3/c1-25(2)9-7-16(8-10-25)21-11-17(26(32)12-19-4-5-20(13-26)33-19)3-6-22(21)30-24(31)23-28-15-18(14-27)29-23/h3,6-7,11,15,19-20,32H,4-5,8-10,12-13H2,1-2H3,(H,28,29)(H,30,31). The fraction of sp³-hybridized carbons (Fsp3) is 0.500. The summed E-state index contributed by atoms with van der Waals surface area (Å²) in [6, 6.07) is 7.77. The first-order valence-corrected chi connectivity index (χ1v) is 11.7. The number of allylic oxidation sites excluding steroid dienone is 2. The molecule has 2 aromatic rings. The summed E-state index contributed by atoms with van der Waals surface area (Å²) >= 11 is 0. The highest BCUT2D eigenvalue weighted by Crippen LogP contribution is 2.46. The fourth-order valence-corrected chi connectivity index (χ4v) is 5.36. The van der Waals surface area contributed by atoms with Gasteiger partial charge in [0.25, 0.3) is 5.91 Å². The maximum absolute atomic E-state index is 12.8. The number of ether oxygens (including phenoxy) is 1. The minimum atomic E-state index is -0.918. The quantitative estimate of drug-likeness (QED) is 0.633. The predicted octanol–water partition coefficient (Wildman–Crippen LogP) is 4.66. The van der Waals surface area contributed by atoms with E-state index in [9.17, 15) is 9.90 Å². The van der Waals surface area contributed by atoms with Gasteiger partial charge in [0.15, 0.2) is 11.5 Å². The molecule has 1 aliphatic carbocycles. The van der Waals surface area contributed by atoms with Crippen LogP contribution in [0.5, 0.6) is 0 Å². The Morgan fingerprint density at radius 1 is 1.30 bits per heavy atom. The van der Waals surface area contributed by atoms with Crippen molar-refractivity contribution >= 4 is 17.2 Å². The van der Waals surface area contributed by atoms with Crippen LogP contribution < -0.4 is 5.32 Å². The number of aliphatic hydroxyl groups is 1. The van der Waals surface area contributed by atoms with Gasteiger partial charge in [-0.2, -0.15) is 5.26 Å². The summed E-state index contributed by atoms with van der Waals surface area (Å²) in [5, 5.41) is 23.5. The number of nitrogens with one attached hydrogen (secondary N) is 2. The number of hydrogen-bond donors (Lipinski definition) is 3. The van der Waals surface area contributed by atoms with Crippen LogP contribution in [0, 0.1) is 16.7 Å². The second-order valence-electron chi connectivity index (χ2n) is 10.5. The summed E-state index contributed by atoms with van der Waals surface area (Å²) in [6.07, 6.45) is 10.0. The highest BCUT2D eigenvalue weighted by Gasteiger charge is 2.45. The maximum Gasteiger partial charge on any atom is 0.291 e. The lowest BCUT2D eigenvalue weighted by atomic mass is 9.76. The molecule has 0 spiro atoms. The largest absolute Gasteiger partial charge is 0.385 e. The number of anilines is 1. The normalized spacial score (nSPS) is 28.1. The third kappa shape index (κ3) is 4.33. The van der Waals surface area contributed by atoms with Gasteiger partial charge in [0.1, 0.15) is 6.07 Å². The lowest BCUT2D eigenvalue weighted by molar-refractivity contribution is -0.115. The zero-order valence-electron chi connectivity index (χ0n) is 19.1. The Morgan fingerprint density at radius 3 is 2.70 bits per heavy atom. The molecule has 3 heterocycles. The molecule has 3 N–H and O–H groups in total. The first-order valence-electron chi connectivity index (χ1n) is 11.7. The predicted molar refractivity (Wildman–Crippen MR) is 124 cm³/mol. The number of fused-ring (bicyclic) bond motifs is 2. The molecule has 0 radical (unpaired) electrons. The van der Waals surface area contributed by atoms with E-state index < -0.39 is 11.5 Å².